The first-order valence-electron chi connectivity index (χ1n) is 7.59. The van der Waals surface area contributed by atoms with E-state index < -0.39 is 0 Å². The van der Waals surface area contributed by atoms with Gasteiger partial charge in [0.05, 0.1) is 12.5 Å². The lowest BCUT2D eigenvalue weighted by Gasteiger charge is -2.47. The van der Waals surface area contributed by atoms with Crippen molar-refractivity contribution in [3.8, 4) is 11.5 Å². The molecule has 2 fully saturated rings. The molecule has 2 aliphatic carbocycles. The summed E-state index contributed by atoms with van der Waals surface area (Å²) in [4.78, 5) is 12.2. The van der Waals surface area contributed by atoms with Gasteiger partial charge in [-0.3, -0.25) is 4.79 Å². The Morgan fingerprint density at radius 1 is 1.05 bits per heavy atom. The van der Waals surface area contributed by atoms with Gasteiger partial charge >= 0.3 is 0 Å². The first-order chi connectivity index (χ1) is 9.76. The topological polar surface area (TPSA) is 35.5 Å². The summed E-state index contributed by atoms with van der Waals surface area (Å²) >= 11 is 0. The fraction of sp³-hybridized carbons (Fsp3) is 0.588. The van der Waals surface area contributed by atoms with E-state index in [-0.39, 0.29) is 11.5 Å². The number of rotatable bonds is 3. The molecule has 2 aliphatic rings. The number of ether oxygens (including phenoxy) is 2. The summed E-state index contributed by atoms with van der Waals surface area (Å²) in [6.45, 7) is 0. The number of benzene rings is 1. The Kier molecular flexibility index (Phi) is 3.68. The molecule has 0 bridgehead atoms. The van der Waals surface area contributed by atoms with Crippen molar-refractivity contribution in [3.05, 3.63) is 24.3 Å². The predicted molar refractivity (Wildman–Crippen MR) is 77.2 cm³/mol. The Bertz CT molecular complexity index is 487. The molecule has 1 unspecified atom stereocenters. The third-order valence-corrected chi connectivity index (χ3v) is 4.88. The lowest BCUT2D eigenvalue weighted by molar-refractivity contribution is -0.154. The smallest absolute Gasteiger partial charge is 0.161 e. The van der Waals surface area contributed by atoms with E-state index in [9.17, 15) is 4.79 Å². The molecule has 0 amide bonds. The van der Waals surface area contributed by atoms with E-state index in [1.165, 1.54) is 12.8 Å². The van der Waals surface area contributed by atoms with Crippen molar-refractivity contribution in [2.75, 3.05) is 7.11 Å². The second kappa shape index (κ2) is 5.47. The number of Topliss-reactive ketones (excluding diaryl/α,β-unsaturated/α-hetero) is 1. The van der Waals surface area contributed by atoms with Crippen molar-refractivity contribution in [3.63, 3.8) is 0 Å². The van der Waals surface area contributed by atoms with Gasteiger partial charge in [-0.2, -0.15) is 0 Å². The van der Waals surface area contributed by atoms with Crippen molar-refractivity contribution in [1.29, 1.82) is 0 Å². The molecule has 3 nitrogen and oxygen atoms in total. The van der Waals surface area contributed by atoms with Gasteiger partial charge in [-0.1, -0.05) is 37.8 Å². The van der Waals surface area contributed by atoms with E-state index in [4.69, 9.17) is 9.47 Å². The summed E-state index contributed by atoms with van der Waals surface area (Å²) in [6, 6.07) is 7.69. The first kappa shape index (κ1) is 13.5. The molecule has 1 aromatic rings. The van der Waals surface area contributed by atoms with Crippen molar-refractivity contribution < 1.29 is 14.3 Å². The van der Waals surface area contributed by atoms with Crippen LogP contribution in [0.2, 0.25) is 0 Å². The van der Waals surface area contributed by atoms with Crippen LogP contribution in [-0.4, -0.2) is 19.0 Å². The van der Waals surface area contributed by atoms with Crippen LogP contribution in [0.25, 0.3) is 0 Å². The SMILES string of the molecule is COc1ccccc1OC1CC(=O)C12CCCCCC2. The van der Waals surface area contributed by atoms with E-state index in [0.29, 0.717) is 12.2 Å². The minimum Gasteiger partial charge on any atom is -0.493 e. The average molecular weight is 274 g/mol. The maximum Gasteiger partial charge on any atom is 0.161 e. The zero-order valence-corrected chi connectivity index (χ0v) is 12.1. The predicted octanol–water partition coefficient (Wildman–Crippen LogP) is 3.76. The van der Waals surface area contributed by atoms with Gasteiger partial charge in [0.2, 0.25) is 0 Å². The molecular formula is C17H22O3. The summed E-state index contributed by atoms with van der Waals surface area (Å²) in [5.41, 5.74) is -0.211. The van der Waals surface area contributed by atoms with Crippen molar-refractivity contribution in [2.24, 2.45) is 5.41 Å². The summed E-state index contributed by atoms with van der Waals surface area (Å²) in [5, 5.41) is 0. The molecule has 0 aliphatic heterocycles. The molecule has 1 spiro atoms. The zero-order valence-electron chi connectivity index (χ0n) is 12.1. The van der Waals surface area contributed by atoms with E-state index in [1.54, 1.807) is 7.11 Å². The summed E-state index contributed by atoms with van der Waals surface area (Å²) in [6.07, 6.45) is 7.36. The summed E-state index contributed by atoms with van der Waals surface area (Å²) in [7, 11) is 1.65. The summed E-state index contributed by atoms with van der Waals surface area (Å²) in [5.74, 6) is 1.91. The van der Waals surface area contributed by atoms with Crippen LogP contribution in [0, 0.1) is 5.41 Å². The van der Waals surface area contributed by atoms with Crippen LogP contribution in [-0.2, 0) is 4.79 Å². The number of para-hydroxylation sites is 2. The molecule has 20 heavy (non-hydrogen) atoms. The summed E-state index contributed by atoms with van der Waals surface area (Å²) < 4.78 is 11.5. The second-order valence-corrected chi connectivity index (χ2v) is 5.96. The van der Waals surface area contributed by atoms with Gasteiger partial charge < -0.3 is 9.47 Å². The molecule has 0 saturated heterocycles. The highest BCUT2D eigenvalue weighted by Gasteiger charge is 2.55. The van der Waals surface area contributed by atoms with Crippen molar-refractivity contribution in [2.45, 2.75) is 51.0 Å². The fourth-order valence-electron chi connectivity index (χ4n) is 3.60. The van der Waals surface area contributed by atoms with Gasteiger partial charge in [0, 0.05) is 6.42 Å². The van der Waals surface area contributed by atoms with Gasteiger partial charge in [-0.25, -0.2) is 0 Å². The number of carbonyl (C=O) groups is 1. The number of carbonyl (C=O) groups excluding carboxylic acids is 1. The van der Waals surface area contributed by atoms with Crippen LogP contribution in [0.15, 0.2) is 24.3 Å². The maximum absolute atomic E-state index is 12.2. The monoisotopic (exact) mass is 274 g/mol. The molecule has 3 rings (SSSR count). The molecule has 0 aromatic heterocycles. The molecule has 1 atom stereocenters. The van der Waals surface area contributed by atoms with E-state index in [2.05, 4.69) is 0 Å². The minimum atomic E-state index is -0.211. The van der Waals surface area contributed by atoms with Crippen LogP contribution in [0.1, 0.15) is 44.9 Å². The highest BCUT2D eigenvalue weighted by Crippen LogP contribution is 2.50. The molecule has 2 saturated carbocycles. The Hall–Kier alpha value is -1.51. The van der Waals surface area contributed by atoms with Crippen LogP contribution in [0.4, 0.5) is 0 Å². The average Bonchev–Trinajstić information content (AvgIpc) is 2.75. The Morgan fingerprint density at radius 3 is 2.30 bits per heavy atom. The zero-order chi connectivity index (χ0) is 14.0. The molecule has 3 heteroatoms. The minimum absolute atomic E-state index is 0.0319. The van der Waals surface area contributed by atoms with Crippen molar-refractivity contribution >= 4 is 5.78 Å². The molecular weight excluding hydrogens is 252 g/mol. The Morgan fingerprint density at radius 2 is 1.70 bits per heavy atom. The fourth-order valence-corrected chi connectivity index (χ4v) is 3.60. The Balaban J connectivity index is 1.78. The molecule has 0 heterocycles. The van der Waals surface area contributed by atoms with Gasteiger partial charge in [-0.15, -0.1) is 0 Å². The highest BCUT2D eigenvalue weighted by molar-refractivity contribution is 5.92. The van der Waals surface area contributed by atoms with Gasteiger partial charge in [0.25, 0.3) is 0 Å². The number of ketones is 1. The van der Waals surface area contributed by atoms with Crippen LogP contribution in [0.5, 0.6) is 11.5 Å². The van der Waals surface area contributed by atoms with Gasteiger partial charge in [-0.05, 0) is 25.0 Å². The van der Waals surface area contributed by atoms with Crippen LogP contribution >= 0.6 is 0 Å². The van der Waals surface area contributed by atoms with E-state index in [1.807, 2.05) is 24.3 Å². The number of hydrogen-bond acceptors (Lipinski definition) is 3. The third kappa shape index (κ3) is 2.19. The lowest BCUT2D eigenvalue weighted by atomic mass is 9.60. The van der Waals surface area contributed by atoms with Gasteiger partial charge in [0.1, 0.15) is 11.9 Å². The van der Waals surface area contributed by atoms with Crippen molar-refractivity contribution in [1.82, 2.24) is 0 Å². The Labute approximate surface area is 120 Å². The molecule has 0 N–H and O–H groups in total. The third-order valence-electron chi connectivity index (χ3n) is 4.88. The quantitative estimate of drug-likeness (QED) is 0.842. The number of methoxy groups -OCH3 is 1. The number of hydrogen-bond donors (Lipinski definition) is 0. The lowest BCUT2D eigenvalue weighted by Crippen LogP contribution is -2.56. The van der Waals surface area contributed by atoms with Gasteiger partial charge in [0.15, 0.2) is 11.5 Å². The van der Waals surface area contributed by atoms with Crippen LogP contribution in [0.3, 0.4) is 0 Å². The standard InChI is InChI=1S/C17H22O3/c1-19-13-8-4-5-9-14(13)20-16-12-15(18)17(16)10-6-2-3-7-11-17/h4-5,8-9,16H,2-3,6-7,10-12H2,1H3. The second-order valence-electron chi connectivity index (χ2n) is 5.96. The van der Waals surface area contributed by atoms with Crippen LogP contribution < -0.4 is 9.47 Å². The normalized spacial score (nSPS) is 24.9. The maximum atomic E-state index is 12.2. The highest BCUT2D eigenvalue weighted by atomic mass is 16.5. The molecule has 108 valence electrons. The van der Waals surface area contributed by atoms with E-state index >= 15 is 0 Å². The largest absolute Gasteiger partial charge is 0.493 e. The first-order valence-corrected chi connectivity index (χ1v) is 7.59. The molecule has 1 aromatic carbocycles. The molecule has 0 radical (unpaired) electrons. The van der Waals surface area contributed by atoms with E-state index in [0.717, 1.165) is 37.2 Å².